The number of ether oxygens (including phenoxy) is 1. The van der Waals surface area contributed by atoms with E-state index in [1.54, 1.807) is 20.8 Å². The van der Waals surface area contributed by atoms with Crippen molar-refractivity contribution in [3.05, 3.63) is 11.3 Å². The van der Waals surface area contributed by atoms with Gasteiger partial charge in [0.25, 0.3) is 0 Å². The van der Waals surface area contributed by atoms with Crippen molar-refractivity contribution in [2.24, 2.45) is 5.73 Å². The fraction of sp³-hybridized carbons (Fsp3) is 0.692. The first-order chi connectivity index (χ1) is 8.70. The summed E-state index contributed by atoms with van der Waals surface area (Å²) in [6.07, 6.45) is -0.148. The van der Waals surface area contributed by atoms with Gasteiger partial charge in [0.2, 0.25) is 0 Å². The second-order valence-corrected chi connectivity index (χ2v) is 4.96. The molecular formula is C13H24N2O4. The monoisotopic (exact) mass is 272 g/mol. The third kappa shape index (κ3) is 5.63. The van der Waals surface area contributed by atoms with Gasteiger partial charge in [-0.25, -0.2) is 9.59 Å². The summed E-state index contributed by atoms with van der Waals surface area (Å²) in [5.74, 6) is -1.09. The highest BCUT2D eigenvalue weighted by Crippen LogP contribution is 2.17. The first-order valence-electron chi connectivity index (χ1n) is 6.39. The Kier molecular flexibility index (Phi) is 6.38. The lowest BCUT2D eigenvalue weighted by molar-refractivity contribution is -0.133. The van der Waals surface area contributed by atoms with Crippen LogP contribution in [0.2, 0.25) is 0 Å². The molecule has 1 heterocycles. The van der Waals surface area contributed by atoms with E-state index in [2.05, 4.69) is 0 Å². The Balaban J connectivity index is 0.00000154. The molecular weight excluding hydrogens is 248 g/mol. The molecule has 0 unspecified atom stereocenters. The van der Waals surface area contributed by atoms with Crippen LogP contribution in [0.25, 0.3) is 0 Å². The van der Waals surface area contributed by atoms with E-state index < -0.39 is 17.7 Å². The first kappa shape index (κ1) is 17.3. The molecule has 0 aromatic rings. The van der Waals surface area contributed by atoms with Gasteiger partial charge in [-0.05, 0) is 20.8 Å². The smallest absolute Gasteiger partial charge is 0.410 e. The Morgan fingerprint density at radius 3 is 2.26 bits per heavy atom. The van der Waals surface area contributed by atoms with Gasteiger partial charge in [-0.1, -0.05) is 13.8 Å². The minimum Gasteiger partial charge on any atom is -0.478 e. The standard InChI is InChI=1S/C11H18N2O4.C2H6/c1-11(2,3)17-10(16)13-5-4-8(12)7(6-13)9(14)15;1-2/h4-6,12H2,1-3H3,(H,14,15);1-2H3. The second kappa shape index (κ2) is 7.01. The highest BCUT2D eigenvalue weighted by atomic mass is 16.6. The van der Waals surface area contributed by atoms with Gasteiger partial charge in [0.05, 0.1) is 12.1 Å². The van der Waals surface area contributed by atoms with Gasteiger partial charge in [-0.2, -0.15) is 0 Å². The fourth-order valence-electron chi connectivity index (χ4n) is 1.47. The Morgan fingerprint density at radius 1 is 1.32 bits per heavy atom. The number of aliphatic carboxylic acids is 1. The van der Waals surface area contributed by atoms with E-state index in [0.29, 0.717) is 18.7 Å². The third-order valence-corrected chi connectivity index (χ3v) is 2.30. The maximum absolute atomic E-state index is 11.7. The van der Waals surface area contributed by atoms with Crippen LogP contribution < -0.4 is 5.73 Å². The lowest BCUT2D eigenvalue weighted by Gasteiger charge is -2.30. The molecule has 1 aliphatic heterocycles. The van der Waals surface area contributed by atoms with Crippen molar-refractivity contribution in [2.75, 3.05) is 13.1 Å². The van der Waals surface area contributed by atoms with Crippen molar-refractivity contribution in [1.29, 1.82) is 0 Å². The lowest BCUT2D eigenvalue weighted by Crippen LogP contribution is -2.42. The van der Waals surface area contributed by atoms with Crippen molar-refractivity contribution in [1.82, 2.24) is 4.90 Å². The zero-order chi connectivity index (χ0) is 15.2. The van der Waals surface area contributed by atoms with Gasteiger partial charge < -0.3 is 20.5 Å². The normalized spacial score (nSPS) is 15.5. The molecule has 110 valence electrons. The van der Waals surface area contributed by atoms with Crippen LogP contribution in [0.1, 0.15) is 41.0 Å². The molecule has 0 fully saturated rings. The summed E-state index contributed by atoms with van der Waals surface area (Å²) in [7, 11) is 0. The van der Waals surface area contributed by atoms with E-state index in [9.17, 15) is 9.59 Å². The zero-order valence-corrected chi connectivity index (χ0v) is 12.3. The van der Waals surface area contributed by atoms with Crippen LogP contribution in [-0.4, -0.2) is 40.8 Å². The zero-order valence-electron chi connectivity index (χ0n) is 12.3. The predicted octanol–water partition coefficient (Wildman–Crippen LogP) is 1.95. The minimum atomic E-state index is -1.09. The predicted molar refractivity (Wildman–Crippen MR) is 72.6 cm³/mol. The molecule has 0 aromatic carbocycles. The summed E-state index contributed by atoms with van der Waals surface area (Å²) in [4.78, 5) is 24.0. The Morgan fingerprint density at radius 2 is 1.84 bits per heavy atom. The number of nitrogens with two attached hydrogens (primary N) is 1. The topological polar surface area (TPSA) is 92.9 Å². The molecule has 0 spiro atoms. The van der Waals surface area contributed by atoms with Crippen LogP contribution in [0.3, 0.4) is 0 Å². The first-order valence-corrected chi connectivity index (χ1v) is 6.39. The van der Waals surface area contributed by atoms with Crippen molar-refractivity contribution >= 4 is 12.1 Å². The number of carboxylic acids is 1. The number of hydrogen-bond donors (Lipinski definition) is 2. The Bertz CT molecular complexity index is 369. The second-order valence-electron chi connectivity index (χ2n) is 4.96. The van der Waals surface area contributed by atoms with Crippen LogP contribution in [0.4, 0.5) is 4.79 Å². The SMILES string of the molecule is CC.CC(C)(C)OC(=O)N1CCC(N)=C(C(=O)O)C1. The van der Waals surface area contributed by atoms with Crippen molar-refractivity contribution in [2.45, 2.75) is 46.6 Å². The number of hydrogen-bond acceptors (Lipinski definition) is 4. The summed E-state index contributed by atoms with van der Waals surface area (Å²) < 4.78 is 5.17. The van der Waals surface area contributed by atoms with Crippen molar-refractivity contribution in [3.8, 4) is 0 Å². The number of carbonyl (C=O) groups excluding carboxylic acids is 1. The summed E-state index contributed by atoms with van der Waals surface area (Å²) in [5, 5.41) is 8.92. The van der Waals surface area contributed by atoms with E-state index in [-0.39, 0.29) is 12.1 Å². The van der Waals surface area contributed by atoms with E-state index in [1.165, 1.54) is 4.90 Å². The van der Waals surface area contributed by atoms with Crippen molar-refractivity contribution in [3.63, 3.8) is 0 Å². The molecule has 0 radical (unpaired) electrons. The highest BCUT2D eigenvalue weighted by molar-refractivity contribution is 5.89. The van der Waals surface area contributed by atoms with Crippen LogP contribution in [0.5, 0.6) is 0 Å². The molecule has 6 heteroatoms. The molecule has 1 rings (SSSR count). The summed E-state index contributed by atoms with van der Waals surface area (Å²) >= 11 is 0. The van der Waals surface area contributed by atoms with Crippen molar-refractivity contribution < 1.29 is 19.4 Å². The molecule has 3 N–H and O–H groups in total. The molecule has 1 amide bonds. The molecule has 19 heavy (non-hydrogen) atoms. The molecule has 0 aromatic heterocycles. The lowest BCUT2D eigenvalue weighted by atomic mass is 10.1. The largest absolute Gasteiger partial charge is 0.478 e. The number of carbonyl (C=O) groups is 2. The summed E-state index contributed by atoms with van der Waals surface area (Å²) in [6, 6.07) is 0. The van der Waals surface area contributed by atoms with Gasteiger partial charge in [0.1, 0.15) is 5.60 Å². The van der Waals surface area contributed by atoms with Gasteiger partial charge >= 0.3 is 12.1 Å². The van der Waals surface area contributed by atoms with Gasteiger partial charge in [0.15, 0.2) is 0 Å². The molecule has 0 saturated carbocycles. The highest BCUT2D eigenvalue weighted by Gasteiger charge is 2.28. The molecule has 6 nitrogen and oxygen atoms in total. The minimum absolute atomic E-state index is 0.00389. The fourth-order valence-corrected chi connectivity index (χ4v) is 1.47. The molecule has 0 aliphatic carbocycles. The van der Waals surface area contributed by atoms with E-state index in [4.69, 9.17) is 15.6 Å². The maximum Gasteiger partial charge on any atom is 0.410 e. The Hall–Kier alpha value is -1.72. The van der Waals surface area contributed by atoms with Gasteiger partial charge in [0, 0.05) is 18.7 Å². The number of rotatable bonds is 1. The molecule has 1 aliphatic rings. The average Bonchev–Trinajstić information content (AvgIpc) is 2.29. The molecule has 0 bridgehead atoms. The number of nitrogens with zero attached hydrogens (tertiary/aromatic N) is 1. The van der Waals surface area contributed by atoms with Gasteiger partial charge in [-0.15, -0.1) is 0 Å². The Labute approximate surface area is 114 Å². The summed E-state index contributed by atoms with van der Waals surface area (Å²) in [6.45, 7) is 9.67. The summed E-state index contributed by atoms with van der Waals surface area (Å²) in [5.41, 5.74) is 5.40. The van der Waals surface area contributed by atoms with Gasteiger partial charge in [-0.3, -0.25) is 0 Å². The van der Waals surface area contributed by atoms with E-state index in [1.807, 2.05) is 13.8 Å². The quantitative estimate of drug-likeness (QED) is 0.761. The molecule has 0 atom stereocenters. The third-order valence-electron chi connectivity index (χ3n) is 2.30. The van der Waals surface area contributed by atoms with E-state index in [0.717, 1.165) is 0 Å². The van der Waals surface area contributed by atoms with Crippen LogP contribution in [0, 0.1) is 0 Å². The number of carboxylic acid groups (broad SMARTS) is 1. The van der Waals surface area contributed by atoms with E-state index >= 15 is 0 Å². The van der Waals surface area contributed by atoms with Crippen LogP contribution in [0.15, 0.2) is 11.3 Å². The van der Waals surface area contributed by atoms with Crippen LogP contribution >= 0.6 is 0 Å². The average molecular weight is 272 g/mol. The molecule has 0 saturated heterocycles. The van der Waals surface area contributed by atoms with Crippen LogP contribution in [-0.2, 0) is 9.53 Å². The maximum atomic E-state index is 11.7. The number of amides is 1.